The molecule has 0 aromatic heterocycles. The molecule has 0 amide bonds. The summed E-state index contributed by atoms with van der Waals surface area (Å²) in [6.07, 6.45) is 0. The maximum Gasteiger partial charge on any atom is 0.136 e. The Morgan fingerprint density at radius 2 is 2.07 bits per heavy atom. The average molecular weight is 213 g/mol. The molecule has 0 unspecified atom stereocenters. The van der Waals surface area contributed by atoms with Crippen molar-refractivity contribution in [1.29, 1.82) is 0 Å². The third-order valence-corrected chi connectivity index (χ3v) is 3.08. The molecule has 0 spiro atoms. The van der Waals surface area contributed by atoms with Crippen LogP contribution in [0.3, 0.4) is 0 Å². The summed E-state index contributed by atoms with van der Waals surface area (Å²) < 4.78 is 5.64. The molecule has 1 fully saturated rings. The summed E-state index contributed by atoms with van der Waals surface area (Å²) in [6, 6.07) is 0. The standard InChI is InChI=1S/C12H23NO2/c1-10(14)11(2,3)8-13-6-7-15-12(4,5)9-13/h6-9H2,1-5H3. The summed E-state index contributed by atoms with van der Waals surface area (Å²) in [5, 5.41) is 0. The maximum absolute atomic E-state index is 11.4. The van der Waals surface area contributed by atoms with Crippen molar-refractivity contribution < 1.29 is 9.53 Å². The molecule has 0 atom stereocenters. The molecular formula is C12H23NO2. The number of carbonyl (C=O) groups excluding carboxylic acids is 1. The highest BCUT2D eigenvalue weighted by molar-refractivity contribution is 5.81. The normalized spacial score (nSPS) is 22.7. The van der Waals surface area contributed by atoms with Crippen LogP contribution in [0.1, 0.15) is 34.6 Å². The Kier molecular flexibility index (Phi) is 3.56. The van der Waals surface area contributed by atoms with E-state index >= 15 is 0 Å². The van der Waals surface area contributed by atoms with Crippen molar-refractivity contribution in [2.75, 3.05) is 26.2 Å². The first kappa shape index (κ1) is 12.7. The van der Waals surface area contributed by atoms with Crippen LogP contribution in [0.2, 0.25) is 0 Å². The largest absolute Gasteiger partial charge is 0.373 e. The molecular weight excluding hydrogens is 190 g/mol. The number of rotatable bonds is 3. The molecule has 3 nitrogen and oxygen atoms in total. The van der Waals surface area contributed by atoms with Gasteiger partial charge in [-0.2, -0.15) is 0 Å². The summed E-state index contributed by atoms with van der Waals surface area (Å²) in [6.45, 7) is 13.3. The molecule has 0 bridgehead atoms. The average Bonchev–Trinajstić information content (AvgIpc) is 2.00. The third kappa shape index (κ3) is 3.58. The molecule has 1 heterocycles. The molecule has 0 aromatic carbocycles. The Labute approximate surface area is 92.8 Å². The van der Waals surface area contributed by atoms with E-state index < -0.39 is 0 Å². The summed E-state index contributed by atoms with van der Waals surface area (Å²) >= 11 is 0. The molecule has 1 rings (SSSR count). The Morgan fingerprint density at radius 1 is 1.47 bits per heavy atom. The molecule has 0 aromatic rings. The van der Waals surface area contributed by atoms with Crippen molar-refractivity contribution in [2.24, 2.45) is 5.41 Å². The Hall–Kier alpha value is -0.410. The minimum atomic E-state index is -0.243. The number of morpholine rings is 1. The zero-order chi connectivity index (χ0) is 11.7. The smallest absolute Gasteiger partial charge is 0.136 e. The van der Waals surface area contributed by atoms with Crippen molar-refractivity contribution in [3.63, 3.8) is 0 Å². The van der Waals surface area contributed by atoms with Crippen LogP contribution in [-0.2, 0) is 9.53 Å². The quantitative estimate of drug-likeness (QED) is 0.715. The number of ether oxygens (including phenoxy) is 1. The lowest BCUT2D eigenvalue weighted by atomic mass is 9.87. The molecule has 1 aliphatic rings. The van der Waals surface area contributed by atoms with E-state index in [9.17, 15) is 4.79 Å². The van der Waals surface area contributed by atoms with E-state index in [4.69, 9.17) is 4.74 Å². The zero-order valence-electron chi connectivity index (χ0n) is 10.6. The first-order valence-corrected chi connectivity index (χ1v) is 5.60. The summed E-state index contributed by atoms with van der Waals surface area (Å²) in [4.78, 5) is 13.8. The second kappa shape index (κ2) is 4.22. The fraction of sp³-hybridized carbons (Fsp3) is 0.917. The SMILES string of the molecule is CC(=O)C(C)(C)CN1CCOC(C)(C)C1. The van der Waals surface area contributed by atoms with Crippen molar-refractivity contribution >= 4 is 5.78 Å². The third-order valence-electron chi connectivity index (χ3n) is 3.08. The summed E-state index contributed by atoms with van der Waals surface area (Å²) in [5.74, 6) is 0.256. The number of hydrogen-bond donors (Lipinski definition) is 0. The Bertz CT molecular complexity index is 246. The van der Waals surface area contributed by atoms with Gasteiger partial charge in [-0.05, 0) is 20.8 Å². The lowest BCUT2D eigenvalue weighted by Gasteiger charge is -2.41. The maximum atomic E-state index is 11.4. The topological polar surface area (TPSA) is 29.5 Å². The van der Waals surface area contributed by atoms with E-state index in [0.717, 1.165) is 26.2 Å². The van der Waals surface area contributed by atoms with E-state index in [2.05, 4.69) is 18.7 Å². The van der Waals surface area contributed by atoms with Crippen LogP contribution in [0.4, 0.5) is 0 Å². The van der Waals surface area contributed by atoms with Crippen LogP contribution in [0.15, 0.2) is 0 Å². The number of nitrogens with zero attached hydrogens (tertiary/aromatic N) is 1. The summed E-state index contributed by atoms with van der Waals surface area (Å²) in [7, 11) is 0. The van der Waals surface area contributed by atoms with Gasteiger partial charge in [0.25, 0.3) is 0 Å². The van der Waals surface area contributed by atoms with Gasteiger partial charge in [0.15, 0.2) is 0 Å². The molecule has 88 valence electrons. The van der Waals surface area contributed by atoms with E-state index in [1.54, 1.807) is 6.92 Å². The van der Waals surface area contributed by atoms with E-state index in [0.29, 0.717) is 0 Å². The van der Waals surface area contributed by atoms with E-state index in [-0.39, 0.29) is 16.8 Å². The van der Waals surface area contributed by atoms with Crippen molar-refractivity contribution in [3.8, 4) is 0 Å². The fourth-order valence-electron chi connectivity index (χ4n) is 1.92. The summed E-state index contributed by atoms with van der Waals surface area (Å²) in [5.41, 5.74) is -0.321. The molecule has 0 saturated carbocycles. The van der Waals surface area contributed by atoms with Gasteiger partial charge >= 0.3 is 0 Å². The number of hydrogen-bond acceptors (Lipinski definition) is 3. The van der Waals surface area contributed by atoms with Crippen LogP contribution in [0.25, 0.3) is 0 Å². The van der Waals surface area contributed by atoms with Gasteiger partial charge in [0.2, 0.25) is 0 Å². The monoisotopic (exact) mass is 213 g/mol. The van der Waals surface area contributed by atoms with Crippen LogP contribution in [0, 0.1) is 5.41 Å². The second-order valence-electron chi connectivity index (χ2n) is 5.76. The van der Waals surface area contributed by atoms with Gasteiger partial charge in [-0.15, -0.1) is 0 Å². The minimum absolute atomic E-state index is 0.0783. The molecule has 0 radical (unpaired) electrons. The predicted molar refractivity (Wildman–Crippen MR) is 60.9 cm³/mol. The van der Waals surface area contributed by atoms with Crippen LogP contribution < -0.4 is 0 Å². The highest BCUT2D eigenvalue weighted by atomic mass is 16.5. The molecule has 1 saturated heterocycles. The molecule has 0 aliphatic carbocycles. The van der Waals surface area contributed by atoms with Crippen LogP contribution >= 0.6 is 0 Å². The molecule has 3 heteroatoms. The lowest BCUT2D eigenvalue weighted by Crippen LogP contribution is -2.51. The number of carbonyl (C=O) groups is 1. The van der Waals surface area contributed by atoms with Gasteiger partial charge < -0.3 is 4.74 Å². The van der Waals surface area contributed by atoms with Crippen molar-refractivity contribution in [1.82, 2.24) is 4.90 Å². The molecule has 1 aliphatic heterocycles. The molecule has 15 heavy (non-hydrogen) atoms. The number of ketones is 1. The Morgan fingerprint density at radius 3 is 2.53 bits per heavy atom. The van der Waals surface area contributed by atoms with Crippen LogP contribution in [-0.4, -0.2) is 42.5 Å². The van der Waals surface area contributed by atoms with Gasteiger partial charge in [-0.25, -0.2) is 0 Å². The number of Topliss-reactive ketones (excluding diaryl/α,β-unsaturated/α-hetero) is 1. The fourth-order valence-corrected chi connectivity index (χ4v) is 1.92. The van der Waals surface area contributed by atoms with E-state index in [1.165, 1.54) is 0 Å². The lowest BCUT2D eigenvalue weighted by molar-refractivity contribution is -0.129. The highest BCUT2D eigenvalue weighted by Crippen LogP contribution is 2.23. The first-order chi connectivity index (χ1) is 6.73. The second-order valence-corrected chi connectivity index (χ2v) is 5.76. The Balaban J connectivity index is 2.55. The first-order valence-electron chi connectivity index (χ1n) is 5.60. The van der Waals surface area contributed by atoms with Gasteiger partial charge in [0.05, 0.1) is 12.2 Å². The van der Waals surface area contributed by atoms with Gasteiger partial charge in [0.1, 0.15) is 5.78 Å². The minimum Gasteiger partial charge on any atom is -0.373 e. The zero-order valence-corrected chi connectivity index (χ0v) is 10.6. The van der Waals surface area contributed by atoms with Gasteiger partial charge in [-0.3, -0.25) is 9.69 Å². The van der Waals surface area contributed by atoms with E-state index in [1.807, 2.05) is 13.8 Å². The van der Waals surface area contributed by atoms with Gasteiger partial charge in [-0.1, -0.05) is 13.8 Å². The van der Waals surface area contributed by atoms with Crippen molar-refractivity contribution in [3.05, 3.63) is 0 Å². The van der Waals surface area contributed by atoms with Crippen molar-refractivity contribution in [2.45, 2.75) is 40.2 Å². The van der Waals surface area contributed by atoms with Crippen LogP contribution in [0.5, 0.6) is 0 Å². The predicted octanol–water partition coefficient (Wildman–Crippen LogP) is 1.71. The highest BCUT2D eigenvalue weighted by Gasteiger charge is 2.32. The van der Waals surface area contributed by atoms with Gasteiger partial charge in [0, 0.05) is 25.0 Å². The molecule has 0 N–H and O–H groups in total.